The molecule has 0 spiro atoms. The van der Waals surface area contributed by atoms with Gasteiger partial charge in [0.15, 0.2) is 0 Å². The monoisotopic (exact) mass is 376 g/mol. The van der Waals surface area contributed by atoms with Crippen molar-refractivity contribution in [1.82, 2.24) is 34.2 Å². The minimum atomic E-state index is -0.594. The van der Waals surface area contributed by atoms with E-state index in [-0.39, 0.29) is 0 Å². The third-order valence-electron chi connectivity index (χ3n) is 5.49. The number of halogens is 1. The van der Waals surface area contributed by atoms with Gasteiger partial charge in [-0.15, -0.1) is 5.10 Å². The van der Waals surface area contributed by atoms with Gasteiger partial charge in [0.25, 0.3) is 0 Å². The minimum Gasteiger partial charge on any atom is -0.275 e. The lowest BCUT2D eigenvalue weighted by molar-refractivity contribution is 0.127. The molecular formula is C19H17FN8. The maximum Gasteiger partial charge on any atom is 0.242 e. The number of rotatable bonds is 4. The SMILES string of the molecule is Cn1cc(-c2cn3nccc3c(-c3cn(C4(CC#N)CCC4)nc3F)n2)cn1. The largest absolute Gasteiger partial charge is 0.275 e. The highest BCUT2D eigenvalue weighted by Gasteiger charge is 2.40. The molecule has 4 heterocycles. The van der Waals surface area contributed by atoms with Gasteiger partial charge >= 0.3 is 0 Å². The lowest BCUT2D eigenvalue weighted by Crippen LogP contribution is -2.40. The molecule has 1 aliphatic rings. The van der Waals surface area contributed by atoms with Gasteiger partial charge in [0, 0.05) is 25.0 Å². The van der Waals surface area contributed by atoms with Gasteiger partial charge in [-0.05, 0) is 25.3 Å². The summed E-state index contributed by atoms with van der Waals surface area (Å²) in [5, 5.41) is 21.8. The van der Waals surface area contributed by atoms with Crippen molar-refractivity contribution in [2.24, 2.45) is 7.05 Å². The highest BCUT2D eigenvalue weighted by Crippen LogP contribution is 2.42. The van der Waals surface area contributed by atoms with Crippen molar-refractivity contribution in [3.05, 3.63) is 43.0 Å². The summed E-state index contributed by atoms with van der Waals surface area (Å²) < 4.78 is 19.9. The van der Waals surface area contributed by atoms with Gasteiger partial charge in [-0.1, -0.05) is 0 Å². The van der Waals surface area contributed by atoms with Crippen LogP contribution in [0.3, 0.4) is 0 Å². The maximum absolute atomic E-state index is 14.9. The van der Waals surface area contributed by atoms with Crippen molar-refractivity contribution in [3.63, 3.8) is 0 Å². The van der Waals surface area contributed by atoms with Crippen molar-refractivity contribution < 1.29 is 4.39 Å². The van der Waals surface area contributed by atoms with E-state index in [0.717, 1.165) is 24.8 Å². The first kappa shape index (κ1) is 16.6. The Morgan fingerprint density at radius 2 is 2.11 bits per heavy atom. The Kier molecular flexibility index (Phi) is 3.55. The molecule has 0 aliphatic heterocycles. The molecule has 0 radical (unpaired) electrons. The molecule has 0 saturated heterocycles. The number of hydrogen-bond acceptors (Lipinski definition) is 5. The number of aryl methyl sites for hydroxylation is 1. The van der Waals surface area contributed by atoms with Crippen LogP contribution in [0.5, 0.6) is 0 Å². The van der Waals surface area contributed by atoms with Crippen LogP contribution in [-0.2, 0) is 12.6 Å². The van der Waals surface area contributed by atoms with Crippen LogP contribution in [-0.4, -0.2) is 34.2 Å². The minimum absolute atomic E-state index is 0.306. The van der Waals surface area contributed by atoms with Crippen LogP contribution in [0, 0.1) is 17.3 Å². The molecule has 0 bridgehead atoms. The fourth-order valence-corrected chi connectivity index (χ4v) is 3.79. The van der Waals surface area contributed by atoms with Crippen molar-refractivity contribution >= 4 is 5.52 Å². The highest BCUT2D eigenvalue weighted by molar-refractivity contribution is 5.78. The van der Waals surface area contributed by atoms with E-state index in [1.54, 1.807) is 44.7 Å². The number of aromatic nitrogens is 7. The number of hydrogen-bond donors (Lipinski definition) is 0. The smallest absolute Gasteiger partial charge is 0.242 e. The van der Waals surface area contributed by atoms with E-state index in [4.69, 9.17) is 4.98 Å². The Balaban J connectivity index is 1.67. The summed E-state index contributed by atoms with van der Waals surface area (Å²) in [6.07, 6.45) is 11.7. The summed E-state index contributed by atoms with van der Waals surface area (Å²) in [5.74, 6) is -0.594. The zero-order valence-electron chi connectivity index (χ0n) is 15.2. The van der Waals surface area contributed by atoms with Crippen LogP contribution in [0.25, 0.3) is 28.0 Å². The Morgan fingerprint density at radius 3 is 2.79 bits per heavy atom. The van der Waals surface area contributed by atoms with Crippen LogP contribution < -0.4 is 0 Å². The third kappa shape index (κ3) is 2.41. The first-order valence-corrected chi connectivity index (χ1v) is 9.06. The predicted octanol–water partition coefficient (Wildman–Crippen LogP) is 2.93. The second-order valence-corrected chi connectivity index (χ2v) is 7.23. The van der Waals surface area contributed by atoms with Crippen molar-refractivity contribution in [2.75, 3.05) is 0 Å². The molecular weight excluding hydrogens is 359 g/mol. The highest BCUT2D eigenvalue weighted by atomic mass is 19.1. The summed E-state index contributed by atoms with van der Waals surface area (Å²) in [4.78, 5) is 4.70. The molecule has 5 rings (SSSR count). The van der Waals surface area contributed by atoms with Crippen molar-refractivity contribution in [3.8, 4) is 28.6 Å². The molecule has 28 heavy (non-hydrogen) atoms. The van der Waals surface area contributed by atoms with Gasteiger partial charge in [0.1, 0.15) is 5.69 Å². The first-order valence-electron chi connectivity index (χ1n) is 9.06. The molecule has 8 nitrogen and oxygen atoms in total. The standard InChI is InChI=1S/C19H17FN8/c1-26-10-13(9-23-26)15-12-27-16(3-8-22-27)17(24-15)14-11-28(25-18(14)20)19(6-7-21)4-2-5-19/h3,8-12H,2,4-6H2,1H3. The average Bonchev–Trinajstić information content (AvgIpc) is 3.37. The molecule has 140 valence electrons. The maximum atomic E-state index is 14.9. The summed E-state index contributed by atoms with van der Waals surface area (Å²) in [6, 6.07) is 4.01. The van der Waals surface area contributed by atoms with Gasteiger partial charge in [0.05, 0.1) is 53.4 Å². The lowest BCUT2D eigenvalue weighted by Gasteiger charge is -2.40. The van der Waals surface area contributed by atoms with E-state index in [2.05, 4.69) is 21.4 Å². The van der Waals surface area contributed by atoms with E-state index in [1.165, 1.54) is 0 Å². The third-order valence-corrected chi connectivity index (χ3v) is 5.49. The van der Waals surface area contributed by atoms with E-state index in [0.29, 0.717) is 28.9 Å². The van der Waals surface area contributed by atoms with Gasteiger partial charge in [-0.2, -0.15) is 19.8 Å². The zero-order chi connectivity index (χ0) is 19.3. The van der Waals surface area contributed by atoms with E-state index < -0.39 is 11.5 Å². The summed E-state index contributed by atoms with van der Waals surface area (Å²) in [7, 11) is 1.83. The fourth-order valence-electron chi connectivity index (χ4n) is 3.79. The van der Waals surface area contributed by atoms with Gasteiger partial charge < -0.3 is 0 Å². The van der Waals surface area contributed by atoms with E-state index >= 15 is 0 Å². The van der Waals surface area contributed by atoms with Crippen LogP contribution in [0.1, 0.15) is 25.7 Å². The molecule has 1 saturated carbocycles. The van der Waals surface area contributed by atoms with Gasteiger partial charge in [-0.3, -0.25) is 9.36 Å². The normalized spacial score (nSPS) is 15.5. The number of nitriles is 1. The average molecular weight is 376 g/mol. The molecule has 1 aliphatic carbocycles. The molecule has 0 amide bonds. The van der Waals surface area contributed by atoms with Crippen molar-refractivity contribution in [1.29, 1.82) is 5.26 Å². The molecule has 0 N–H and O–H groups in total. The zero-order valence-corrected chi connectivity index (χ0v) is 15.2. The summed E-state index contributed by atoms with van der Waals surface area (Å²) in [5.41, 5.74) is 2.50. The van der Waals surface area contributed by atoms with E-state index in [1.807, 2.05) is 13.2 Å². The Hall–Kier alpha value is -3.54. The second kappa shape index (κ2) is 5.99. The lowest BCUT2D eigenvalue weighted by atomic mass is 9.75. The Bertz CT molecular complexity index is 1220. The Labute approximate surface area is 159 Å². The quantitative estimate of drug-likeness (QED) is 0.546. The summed E-state index contributed by atoms with van der Waals surface area (Å²) in [6.45, 7) is 0. The van der Waals surface area contributed by atoms with E-state index in [9.17, 15) is 9.65 Å². The van der Waals surface area contributed by atoms with Crippen molar-refractivity contribution in [2.45, 2.75) is 31.2 Å². The van der Waals surface area contributed by atoms with Crippen LogP contribution in [0.2, 0.25) is 0 Å². The van der Waals surface area contributed by atoms with Gasteiger partial charge in [0.2, 0.25) is 5.95 Å². The molecule has 0 aromatic carbocycles. The molecule has 4 aromatic heterocycles. The van der Waals surface area contributed by atoms with Gasteiger partial charge in [-0.25, -0.2) is 9.50 Å². The second-order valence-electron chi connectivity index (χ2n) is 7.23. The van der Waals surface area contributed by atoms with Crippen LogP contribution in [0.4, 0.5) is 4.39 Å². The Morgan fingerprint density at radius 1 is 1.25 bits per heavy atom. The number of fused-ring (bicyclic) bond motifs is 1. The molecule has 9 heteroatoms. The number of nitrogens with zero attached hydrogens (tertiary/aromatic N) is 8. The molecule has 0 atom stereocenters. The van der Waals surface area contributed by atoms with Crippen LogP contribution >= 0.6 is 0 Å². The first-order chi connectivity index (χ1) is 13.6. The molecule has 0 unspecified atom stereocenters. The van der Waals surface area contributed by atoms with Crippen LogP contribution in [0.15, 0.2) is 37.1 Å². The molecule has 4 aromatic rings. The molecule has 1 fully saturated rings. The topological polar surface area (TPSA) is 89.6 Å². The predicted molar refractivity (Wildman–Crippen MR) is 98.4 cm³/mol. The summed E-state index contributed by atoms with van der Waals surface area (Å²) >= 11 is 0. The fraction of sp³-hybridized carbons (Fsp3) is 0.316.